The number of benzene rings is 1. The van der Waals surface area contributed by atoms with Gasteiger partial charge in [-0.05, 0) is 67.7 Å². The lowest BCUT2D eigenvalue weighted by Crippen LogP contribution is -2.57. The highest BCUT2D eigenvalue weighted by atomic mass is 32.2. The zero-order valence-electron chi connectivity index (χ0n) is 19.2. The summed E-state index contributed by atoms with van der Waals surface area (Å²) in [6.45, 7) is 0. The third kappa shape index (κ3) is 4.33. The Kier molecular flexibility index (Phi) is 5.80. The smallest absolute Gasteiger partial charge is 0.214 e. The van der Waals surface area contributed by atoms with Crippen LogP contribution in [0.25, 0.3) is 22.5 Å². The molecule has 3 fully saturated rings. The number of phenolic OH excluding ortho intramolecular Hbond substituents is 1. The molecule has 3 aromatic rings. The van der Waals surface area contributed by atoms with Gasteiger partial charge < -0.3 is 15.3 Å². The summed E-state index contributed by atoms with van der Waals surface area (Å²) in [7, 11) is 0. The average molecular weight is 497 g/mol. The third-order valence-corrected chi connectivity index (χ3v) is 7.84. The summed E-state index contributed by atoms with van der Waals surface area (Å²) in [4.78, 5) is 10.4. The van der Waals surface area contributed by atoms with Crippen LogP contribution in [-0.4, -0.2) is 61.9 Å². The minimum absolute atomic E-state index is 0.0298. The quantitative estimate of drug-likeness (QED) is 0.384. The van der Waals surface area contributed by atoms with Crippen LogP contribution < -0.4 is 10.2 Å². The lowest BCUT2D eigenvalue weighted by atomic mass is 9.96. The summed E-state index contributed by atoms with van der Waals surface area (Å²) in [6.07, 6.45) is 7.20. The second kappa shape index (κ2) is 8.98. The Morgan fingerprint density at radius 2 is 1.94 bits per heavy atom. The first-order valence-corrected chi connectivity index (χ1v) is 13.2. The molecular formula is C25H26F2N6OS. The van der Waals surface area contributed by atoms with Crippen LogP contribution in [0.4, 0.5) is 14.6 Å². The van der Waals surface area contributed by atoms with E-state index in [-0.39, 0.29) is 29.7 Å². The van der Waals surface area contributed by atoms with E-state index >= 15 is 4.39 Å². The number of nitrogens with zero attached hydrogens (tertiary/aromatic N) is 5. The maximum absolute atomic E-state index is 15.3. The molecule has 0 spiro atoms. The fourth-order valence-electron chi connectivity index (χ4n) is 5.38. The first-order valence-electron chi connectivity index (χ1n) is 11.9. The van der Waals surface area contributed by atoms with Crippen LogP contribution in [-0.2, 0) is 0 Å². The number of aromatic hydroxyl groups is 1. The number of hydrogen-bond acceptors (Lipinski definition) is 8. The largest absolute Gasteiger partial charge is 0.507 e. The summed E-state index contributed by atoms with van der Waals surface area (Å²) in [5.41, 5.74) is 1.70. The normalized spacial score (nSPS) is 25.6. The number of pyridine rings is 1. The molecule has 7 nitrogen and oxygen atoms in total. The molecule has 1 aromatic carbocycles. The molecule has 6 rings (SSSR count). The van der Waals surface area contributed by atoms with E-state index in [0.717, 1.165) is 32.1 Å². The van der Waals surface area contributed by atoms with Crippen LogP contribution in [0.15, 0.2) is 41.6 Å². The molecule has 4 atom stereocenters. The fraction of sp³-hybridized carbons (Fsp3) is 0.440. The van der Waals surface area contributed by atoms with Crippen molar-refractivity contribution < 1.29 is 13.9 Å². The minimum Gasteiger partial charge on any atom is -0.507 e. The van der Waals surface area contributed by atoms with E-state index in [9.17, 15) is 9.50 Å². The molecule has 4 heterocycles. The number of thioether (sulfide) groups is 1. The van der Waals surface area contributed by atoms with Crippen LogP contribution in [0, 0.1) is 5.95 Å². The number of halogens is 2. The molecule has 182 valence electrons. The number of anilines is 1. The molecule has 2 saturated heterocycles. The summed E-state index contributed by atoms with van der Waals surface area (Å²) >= 11 is 1.35. The summed E-state index contributed by atoms with van der Waals surface area (Å²) in [5.74, 6) is 0.258. The molecule has 0 unspecified atom stereocenters. The predicted molar refractivity (Wildman–Crippen MR) is 131 cm³/mol. The van der Waals surface area contributed by atoms with Gasteiger partial charge in [0.1, 0.15) is 11.9 Å². The van der Waals surface area contributed by atoms with Gasteiger partial charge in [-0.25, -0.2) is 14.4 Å². The van der Waals surface area contributed by atoms with E-state index in [1.165, 1.54) is 17.8 Å². The molecular weight excluding hydrogens is 470 g/mol. The molecule has 2 bridgehead atoms. The second-order valence-corrected chi connectivity index (χ2v) is 10.4. The van der Waals surface area contributed by atoms with E-state index in [0.29, 0.717) is 33.6 Å². The standard InChI is InChI=1S/C25H26F2N6OS/c1-35-23-10-14(9-21(26)30-23)13-2-6-17(20(34)8-13)25-28-12-22(31-32-25)33(16-4-5-16)19-11-15-3-7-18(29-15)24(19)27/h2,6,8-10,12,15-16,18-19,24,29,34H,3-5,7,11H2,1H3/t15-,18+,19+,24-/m1/s1. The van der Waals surface area contributed by atoms with Crippen LogP contribution in [0.5, 0.6) is 5.75 Å². The maximum atomic E-state index is 15.3. The van der Waals surface area contributed by atoms with Gasteiger partial charge in [-0.1, -0.05) is 6.07 Å². The molecule has 0 radical (unpaired) electrons. The second-order valence-electron chi connectivity index (χ2n) is 9.53. The monoisotopic (exact) mass is 496 g/mol. The number of alkyl halides is 1. The maximum Gasteiger partial charge on any atom is 0.214 e. The first kappa shape index (κ1) is 22.6. The highest BCUT2D eigenvalue weighted by molar-refractivity contribution is 7.98. The number of aromatic nitrogens is 4. The molecule has 3 aliphatic rings. The van der Waals surface area contributed by atoms with E-state index in [1.54, 1.807) is 30.5 Å². The van der Waals surface area contributed by atoms with E-state index in [4.69, 9.17) is 0 Å². The van der Waals surface area contributed by atoms with Crippen molar-refractivity contribution >= 4 is 17.6 Å². The highest BCUT2D eigenvalue weighted by Gasteiger charge is 2.48. The van der Waals surface area contributed by atoms with Gasteiger partial charge in [0.25, 0.3) is 0 Å². The van der Waals surface area contributed by atoms with Crippen LogP contribution in [0.1, 0.15) is 32.1 Å². The number of piperidine rings is 1. The van der Waals surface area contributed by atoms with Crippen molar-refractivity contribution in [2.24, 2.45) is 0 Å². The summed E-state index contributed by atoms with van der Waals surface area (Å²) in [5, 5.41) is 23.3. The molecule has 35 heavy (non-hydrogen) atoms. The molecule has 2 aliphatic heterocycles. The first-order chi connectivity index (χ1) is 17.0. The highest BCUT2D eigenvalue weighted by Crippen LogP contribution is 2.40. The Morgan fingerprint density at radius 1 is 1.09 bits per heavy atom. The molecule has 2 N–H and O–H groups in total. The van der Waals surface area contributed by atoms with Gasteiger partial charge in [0, 0.05) is 24.2 Å². The summed E-state index contributed by atoms with van der Waals surface area (Å²) < 4.78 is 29.1. The molecule has 10 heteroatoms. The minimum atomic E-state index is -0.947. The lowest BCUT2D eigenvalue weighted by molar-refractivity contribution is 0.171. The van der Waals surface area contributed by atoms with Gasteiger partial charge in [0.15, 0.2) is 11.6 Å². The number of nitrogens with one attached hydrogen (secondary N) is 1. The predicted octanol–water partition coefficient (Wildman–Crippen LogP) is 4.37. The Balaban J connectivity index is 1.26. The van der Waals surface area contributed by atoms with Crippen molar-refractivity contribution in [3.8, 4) is 28.3 Å². The molecule has 1 aliphatic carbocycles. The molecule has 0 amide bonds. The van der Waals surface area contributed by atoms with Crippen molar-refractivity contribution in [2.45, 2.75) is 67.5 Å². The van der Waals surface area contributed by atoms with Crippen molar-refractivity contribution in [2.75, 3.05) is 11.2 Å². The SMILES string of the molecule is CSc1cc(-c2ccc(-c3ncc(N(C4CC4)[C@H]4C[C@H]5CC[C@H](N5)[C@H]4F)nn3)c(O)c2)cc(F)n1. The zero-order valence-corrected chi connectivity index (χ0v) is 20.1. The van der Waals surface area contributed by atoms with Gasteiger partial charge in [-0.15, -0.1) is 22.0 Å². The molecule has 2 aromatic heterocycles. The number of phenols is 1. The number of rotatable bonds is 6. The van der Waals surface area contributed by atoms with Crippen LogP contribution in [0.3, 0.4) is 0 Å². The van der Waals surface area contributed by atoms with E-state index in [1.807, 2.05) is 6.26 Å². The molecule has 1 saturated carbocycles. The summed E-state index contributed by atoms with van der Waals surface area (Å²) in [6, 6.07) is 8.46. The Labute approximate surface area is 206 Å². The van der Waals surface area contributed by atoms with E-state index < -0.39 is 12.1 Å². The third-order valence-electron chi connectivity index (χ3n) is 7.22. The number of hydrogen-bond donors (Lipinski definition) is 2. The van der Waals surface area contributed by atoms with Gasteiger partial charge in [-0.2, -0.15) is 4.39 Å². The van der Waals surface area contributed by atoms with Crippen LogP contribution in [0.2, 0.25) is 0 Å². The van der Waals surface area contributed by atoms with Crippen molar-refractivity contribution in [3.05, 3.63) is 42.5 Å². The van der Waals surface area contributed by atoms with Crippen molar-refractivity contribution in [3.63, 3.8) is 0 Å². The van der Waals surface area contributed by atoms with Crippen molar-refractivity contribution in [1.82, 2.24) is 25.5 Å². The Morgan fingerprint density at radius 3 is 2.66 bits per heavy atom. The Bertz CT molecular complexity index is 1240. The van der Waals surface area contributed by atoms with Crippen molar-refractivity contribution in [1.29, 1.82) is 0 Å². The fourth-order valence-corrected chi connectivity index (χ4v) is 5.80. The zero-order chi connectivity index (χ0) is 24.1. The van der Waals surface area contributed by atoms with Gasteiger partial charge in [0.05, 0.1) is 22.8 Å². The number of fused-ring (bicyclic) bond motifs is 2. The van der Waals surface area contributed by atoms with Gasteiger partial charge in [-0.3, -0.25) is 0 Å². The Hall–Kier alpha value is -2.85. The topological polar surface area (TPSA) is 87.1 Å². The van der Waals surface area contributed by atoms with Crippen LogP contribution >= 0.6 is 11.8 Å². The average Bonchev–Trinajstić information content (AvgIpc) is 3.62. The van der Waals surface area contributed by atoms with E-state index in [2.05, 4.69) is 30.4 Å². The van der Waals surface area contributed by atoms with Gasteiger partial charge >= 0.3 is 0 Å². The lowest BCUT2D eigenvalue weighted by Gasteiger charge is -2.40. The van der Waals surface area contributed by atoms with Gasteiger partial charge in [0.2, 0.25) is 5.95 Å².